The monoisotopic (exact) mass is 402 g/mol. The van der Waals surface area contributed by atoms with Crippen LogP contribution in [0.2, 0.25) is 0 Å². The number of morpholine rings is 1. The number of ether oxygens (including phenoxy) is 3. The molecule has 0 bridgehead atoms. The fraction of sp³-hybridized carbons (Fsp3) is 0.636. The van der Waals surface area contributed by atoms with Gasteiger partial charge in [0.05, 0.1) is 31.7 Å². The highest BCUT2D eigenvalue weighted by atomic mass is 16.6. The molecule has 3 aliphatic rings. The number of carbonyl (C=O) groups excluding carboxylic acids is 2. The minimum atomic E-state index is -0.408. The van der Waals surface area contributed by atoms with Crippen LogP contribution in [0.5, 0.6) is 5.75 Å². The number of amides is 1. The smallest absolute Gasteiger partial charge is 0.312 e. The molecule has 0 radical (unpaired) electrons. The lowest BCUT2D eigenvalue weighted by atomic mass is 9.76. The van der Waals surface area contributed by atoms with Crippen LogP contribution in [0.1, 0.15) is 25.7 Å². The fourth-order valence-electron chi connectivity index (χ4n) is 4.53. The summed E-state index contributed by atoms with van der Waals surface area (Å²) >= 11 is 0. The minimum absolute atomic E-state index is 0.0397. The van der Waals surface area contributed by atoms with Crippen LogP contribution in [0.15, 0.2) is 30.3 Å². The molecule has 1 unspecified atom stereocenters. The van der Waals surface area contributed by atoms with Gasteiger partial charge in [0.15, 0.2) is 0 Å². The van der Waals surface area contributed by atoms with Crippen molar-refractivity contribution in [3.05, 3.63) is 30.3 Å². The number of piperidine rings is 1. The molecular weight excluding hydrogens is 372 g/mol. The Bertz CT molecular complexity index is 696. The molecule has 158 valence electrons. The number of hydrogen-bond acceptors (Lipinski definition) is 6. The Morgan fingerprint density at radius 3 is 2.55 bits per heavy atom. The molecule has 1 aromatic carbocycles. The van der Waals surface area contributed by atoms with E-state index in [1.807, 2.05) is 35.2 Å². The van der Waals surface area contributed by atoms with E-state index >= 15 is 0 Å². The van der Waals surface area contributed by atoms with Crippen molar-refractivity contribution >= 4 is 11.9 Å². The van der Waals surface area contributed by atoms with Gasteiger partial charge in [0, 0.05) is 39.1 Å². The summed E-state index contributed by atoms with van der Waals surface area (Å²) in [5.41, 5.74) is -0.408. The molecular formula is C22H30N2O5. The van der Waals surface area contributed by atoms with Crippen molar-refractivity contribution in [3.8, 4) is 5.75 Å². The molecule has 3 heterocycles. The highest BCUT2D eigenvalue weighted by Crippen LogP contribution is 2.43. The zero-order valence-electron chi connectivity index (χ0n) is 16.9. The Morgan fingerprint density at radius 1 is 1.10 bits per heavy atom. The van der Waals surface area contributed by atoms with Gasteiger partial charge in [-0.1, -0.05) is 18.2 Å². The first kappa shape index (κ1) is 20.2. The summed E-state index contributed by atoms with van der Waals surface area (Å²) in [5, 5.41) is 0. The van der Waals surface area contributed by atoms with Gasteiger partial charge >= 0.3 is 5.97 Å². The lowest BCUT2D eigenvalue weighted by molar-refractivity contribution is -0.153. The van der Waals surface area contributed by atoms with Gasteiger partial charge < -0.3 is 19.1 Å². The van der Waals surface area contributed by atoms with Crippen LogP contribution >= 0.6 is 0 Å². The second kappa shape index (κ2) is 9.13. The van der Waals surface area contributed by atoms with Crippen molar-refractivity contribution in [2.45, 2.75) is 31.8 Å². The number of likely N-dealkylation sites (tertiary alicyclic amines) is 1. The minimum Gasteiger partial charge on any atom is -0.493 e. The Labute approximate surface area is 171 Å². The van der Waals surface area contributed by atoms with E-state index < -0.39 is 5.41 Å². The lowest BCUT2D eigenvalue weighted by Crippen LogP contribution is -2.45. The van der Waals surface area contributed by atoms with E-state index in [-0.39, 0.29) is 18.0 Å². The number of cyclic esters (lactones) is 1. The van der Waals surface area contributed by atoms with Gasteiger partial charge in [-0.05, 0) is 25.0 Å². The Hall–Kier alpha value is -2.12. The van der Waals surface area contributed by atoms with Crippen molar-refractivity contribution in [3.63, 3.8) is 0 Å². The van der Waals surface area contributed by atoms with Gasteiger partial charge in [0.2, 0.25) is 5.91 Å². The van der Waals surface area contributed by atoms with Gasteiger partial charge in [-0.25, -0.2) is 0 Å². The van der Waals surface area contributed by atoms with Crippen LogP contribution in [-0.2, 0) is 19.1 Å². The predicted octanol–water partition coefficient (Wildman–Crippen LogP) is 1.71. The molecule has 1 atom stereocenters. The maximum Gasteiger partial charge on any atom is 0.312 e. The molecule has 29 heavy (non-hydrogen) atoms. The summed E-state index contributed by atoms with van der Waals surface area (Å²) in [7, 11) is 0. The molecule has 1 amide bonds. The maximum atomic E-state index is 12.6. The highest BCUT2D eigenvalue weighted by Gasteiger charge is 2.51. The molecule has 1 spiro atoms. The number of para-hydroxylation sites is 1. The first-order valence-corrected chi connectivity index (χ1v) is 10.6. The summed E-state index contributed by atoms with van der Waals surface area (Å²) in [5.74, 6) is 0.792. The molecule has 0 aliphatic carbocycles. The first-order valence-electron chi connectivity index (χ1n) is 10.6. The highest BCUT2D eigenvalue weighted by molar-refractivity contribution is 5.80. The number of rotatable bonds is 6. The van der Waals surface area contributed by atoms with E-state index in [1.54, 1.807) is 0 Å². The van der Waals surface area contributed by atoms with Crippen LogP contribution in [0.4, 0.5) is 0 Å². The second-order valence-electron chi connectivity index (χ2n) is 8.22. The third-order valence-electron chi connectivity index (χ3n) is 6.29. The molecule has 0 N–H and O–H groups in total. The maximum absolute atomic E-state index is 12.6. The summed E-state index contributed by atoms with van der Waals surface area (Å²) in [6.07, 6.45) is 2.46. The molecule has 3 saturated heterocycles. The normalized spacial score (nSPS) is 24.5. The lowest BCUT2D eigenvalue weighted by Gasteiger charge is -2.36. The van der Waals surface area contributed by atoms with Crippen LogP contribution in [0.3, 0.4) is 0 Å². The number of nitrogens with zero attached hydrogens (tertiary/aromatic N) is 2. The van der Waals surface area contributed by atoms with E-state index in [4.69, 9.17) is 14.2 Å². The van der Waals surface area contributed by atoms with Gasteiger partial charge in [-0.15, -0.1) is 0 Å². The standard InChI is InChI=1S/C22H30N2O5/c25-20(6-13-28-18-4-2-1-3-5-18)24-9-7-22(8-10-24)16-19(29-21(22)26)17-23-11-14-27-15-12-23/h1-5,19H,6-17H2. The summed E-state index contributed by atoms with van der Waals surface area (Å²) < 4.78 is 16.7. The average molecular weight is 402 g/mol. The van der Waals surface area contributed by atoms with Gasteiger partial charge in [-0.2, -0.15) is 0 Å². The average Bonchev–Trinajstić information content (AvgIpc) is 3.04. The predicted molar refractivity (Wildman–Crippen MR) is 107 cm³/mol. The van der Waals surface area contributed by atoms with Gasteiger partial charge in [0.1, 0.15) is 11.9 Å². The zero-order valence-corrected chi connectivity index (χ0v) is 16.9. The summed E-state index contributed by atoms with van der Waals surface area (Å²) in [6.45, 7) is 5.67. The molecule has 0 aromatic heterocycles. The number of esters is 1. The molecule has 7 heteroatoms. The van der Waals surface area contributed by atoms with Crippen molar-refractivity contribution in [2.75, 3.05) is 52.5 Å². The van der Waals surface area contributed by atoms with Gasteiger partial charge in [0.25, 0.3) is 0 Å². The van der Waals surface area contributed by atoms with Crippen LogP contribution in [0.25, 0.3) is 0 Å². The zero-order chi connectivity index (χ0) is 20.1. The second-order valence-corrected chi connectivity index (χ2v) is 8.22. The SMILES string of the molecule is O=C(CCOc1ccccc1)N1CCC2(CC1)CC(CN1CCOCC1)OC2=O. The van der Waals surface area contributed by atoms with E-state index in [0.717, 1.165) is 45.0 Å². The Balaban J connectivity index is 1.22. The number of hydrogen-bond donors (Lipinski definition) is 0. The molecule has 3 aliphatic heterocycles. The fourth-order valence-corrected chi connectivity index (χ4v) is 4.53. The molecule has 1 aromatic rings. The molecule has 7 nitrogen and oxygen atoms in total. The summed E-state index contributed by atoms with van der Waals surface area (Å²) in [6, 6.07) is 9.52. The largest absolute Gasteiger partial charge is 0.493 e. The Morgan fingerprint density at radius 2 is 1.83 bits per heavy atom. The Kier molecular flexibility index (Phi) is 6.35. The number of benzene rings is 1. The van der Waals surface area contributed by atoms with Crippen LogP contribution < -0.4 is 4.74 Å². The third kappa shape index (κ3) is 4.90. The van der Waals surface area contributed by atoms with Gasteiger partial charge in [-0.3, -0.25) is 14.5 Å². The van der Waals surface area contributed by atoms with Crippen molar-refractivity contribution in [1.29, 1.82) is 0 Å². The van der Waals surface area contributed by atoms with Crippen LogP contribution in [-0.4, -0.2) is 80.3 Å². The molecule has 0 saturated carbocycles. The van der Waals surface area contributed by atoms with Crippen molar-refractivity contribution in [1.82, 2.24) is 9.80 Å². The van der Waals surface area contributed by atoms with Crippen LogP contribution in [0, 0.1) is 5.41 Å². The van der Waals surface area contributed by atoms with E-state index in [0.29, 0.717) is 39.0 Å². The first-order chi connectivity index (χ1) is 14.1. The molecule has 4 rings (SSSR count). The molecule has 3 fully saturated rings. The van der Waals surface area contributed by atoms with Crippen molar-refractivity contribution in [2.24, 2.45) is 5.41 Å². The van der Waals surface area contributed by atoms with E-state index in [9.17, 15) is 9.59 Å². The van der Waals surface area contributed by atoms with Crippen molar-refractivity contribution < 1.29 is 23.8 Å². The number of carbonyl (C=O) groups is 2. The third-order valence-corrected chi connectivity index (χ3v) is 6.29. The summed E-state index contributed by atoms with van der Waals surface area (Å²) in [4.78, 5) is 29.3. The van der Waals surface area contributed by atoms with E-state index in [1.165, 1.54) is 0 Å². The van der Waals surface area contributed by atoms with E-state index in [2.05, 4.69) is 4.90 Å². The topological polar surface area (TPSA) is 68.3 Å². The quantitative estimate of drug-likeness (QED) is 0.675.